The van der Waals surface area contributed by atoms with Crippen LogP contribution in [0.3, 0.4) is 0 Å². The smallest absolute Gasteiger partial charge is 0.309 e. The Morgan fingerprint density at radius 2 is 1.96 bits per heavy atom. The number of likely N-dealkylation sites (N-methyl/N-ethyl adjacent to an activating group) is 1. The molecule has 25 heavy (non-hydrogen) atoms. The monoisotopic (exact) mass is 372 g/mol. The third-order valence-corrected chi connectivity index (χ3v) is 5.37. The summed E-state index contributed by atoms with van der Waals surface area (Å²) in [5.41, 5.74) is -0.231. The Kier molecular flexibility index (Phi) is 5.66. The van der Waals surface area contributed by atoms with E-state index in [2.05, 4.69) is 10.6 Å². The second kappa shape index (κ2) is 7.55. The number of carbonyl (C=O) groups is 2. The molecular weight excluding hydrogens is 356 g/mol. The number of ether oxygens (including phenoxy) is 1. The molecule has 2 amide bonds. The van der Waals surface area contributed by atoms with Crippen LogP contribution in [-0.4, -0.2) is 62.4 Å². The first-order chi connectivity index (χ1) is 11.8. The summed E-state index contributed by atoms with van der Waals surface area (Å²) in [5.74, 6) is -1.77. The van der Waals surface area contributed by atoms with E-state index in [1.54, 1.807) is 0 Å². The zero-order valence-electron chi connectivity index (χ0n) is 13.2. The van der Waals surface area contributed by atoms with Crippen molar-refractivity contribution in [2.75, 3.05) is 26.7 Å². The van der Waals surface area contributed by atoms with Crippen molar-refractivity contribution in [3.63, 3.8) is 0 Å². The number of nitrogens with one attached hydrogen (secondary N) is 2. The number of non-ortho nitro benzene ring substituents is 1. The number of hydrogen-bond acceptors (Lipinski definition) is 7. The first-order valence-electron chi connectivity index (χ1n) is 7.15. The third-order valence-electron chi connectivity index (χ3n) is 3.47. The van der Waals surface area contributed by atoms with Crippen molar-refractivity contribution in [1.29, 1.82) is 0 Å². The van der Waals surface area contributed by atoms with E-state index in [0.29, 0.717) is 0 Å². The molecule has 11 nitrogen and oxygen atoms in total. The molecule has 0 aromatic heterocycles. The lowest BCUT2D eigenvalue weighted by Crippen LogP contribution is -2.46. The Morgan fingerprint density at radius 1 is 1.32 bits per heavy atom. The van der Waals surface area contributed by atoms with Crippen LogP contribution in [0, 0.1) is 10.1 Å². The maximum Gasteiger partial charge on any atom is 0.309 e. The number of hydrogen-bond donors (Lipinski definition) is 2. The number of benzene rings is 1. The normalized spacial score (nSPS) is 17.9. The van der Waals surface area contributed by atoms with Crippen molar-refractivity contribution in [3.05, 3.63) is 34.4 Å². The van der Waals surface area contributed by atoms with Crippen molar-refractivity contribution in [2.24, 2.45) is 0 Å². The van der Waals surface area contributed by atoms with Gasteiger partial charge in [0.2, 0.25) is 10.0 Å². The molecule has 1 aromatic rings. The van der Waals surface area contributed by atoms with Crippen LogP contribution in [0.4, 0.5) is 5.69 Å². The van der Waals surface area contributed by atoms with Gasteiger partial charge in [-0.1, -0.05) is 0 Å². The number of rotatable bonds is 5. The predicted octanol–water partition coefficient (Wildman–Crippen LogP) is -1.20. The van der Waals surface area contributed by atoms with Crippen LogP contribution in [0.5, 0.6) is 0 Å². The molecular formula is C13H16N4O7S. The number of nitrogens with zero attached hydrogens (tertiary/aromatic N) is 2. The van der Waals surface area contributed by atoms with E-state index in [-0.39, 0.29) is 30.3 Å². The average molecular weight is 372 g/mol. The summed E-state index contributed by atoms with van der Waals surface area (Å²) < 4.78 is 31.6. The van der Waals surface area contributed by atoms with Crippen LogP contribution >= 0.6 is 0 Å². The van der Waals surface area contributed by atoms with E-state index in [9.17, 15) is 28.1 Å². The molecule has 12 heteroatoms. The summed E-state index contributed by atoms with van der Waals surface area (Å²) in [7, 11) is -2.68. The van der Waals surface area contributed by atoms with Crippen molar-refractivity contribution >= 4 is 27.5 Å². The van der Waals surface area contributed by atoms with Crippen LogP contribution < -0.4 is 10.6 Å². The zero-order valence-corrected chi connectivity index (χ0v) is 14.0. The molecule has 2 N–H and O–H groups in total. The number of nitro benzene ring substituents is 1. The molecule has 0 spiro atoms. The first kappa shape index (κ1) is 18.8. The molecule has 1 aliphatic heterocycles. The summed E-state index contributed by atoms with van der Waals surface area (Å²) >= 11 is 0. The third kappa shape index (κ3) is 4.10. The zero-order chi connectivity index (χ0) is 18.6. The maximum atomic E-state index is 12.6. The highest BCUT2D eigenvalue weighted by Gasteiger charge is 2.36. The van der Waals surface area contributed by atoms with Gasteiger partial charge >= 0.3 is 11.8 Å². The predicted molar refractivity (Wildman–Crippen MR) is 83.8 cm³/mol. The fraction of sp³-hybridized carbons (Fsp3) is 0.385. The van der Waals surface area contributed by atoms with Gasteiger partial charge in [-0.3, -0.25) is 19.7 Å². The largest absolute Gasteiger partial charge is 0.359 e. The Hall–Kier alpha value is -2.57. The lowest BCUT2D eigenvalue weighted by Gasteiger charge is -2.22. The molecule has 0 aliphatic carbocycles. The fourth-order valence-corrected chi connectivity index (χ4v) is 3.70. The lowest BCUT2D eigenvalue weighted by atomic mass is 10.3. The van der Waals surface area contributed by atoms with Gasteiger partial charge < -0.3 is 15.4 Å². The summed E-state index contributed by atoms with van der Waals surface area (Å²) in [6.07, 6.45) is -0.978. The van der Waals surface area contributed by atoms with E-state index in [4.69, 9.17) is 4.74 Å². The van der Waals surface area contributed by atoms with Gasteiger partial charge in [-0.25, -0.2) is 8.42 Å². The Balaban J connectivity index is 2.13. The van der Waals surface area contributed by atoms with Gasteiger partial charge in [-0.05, 0) is 12.1 Å². The van der Waals surface area contributed by atoms with Gasteiger partial charge in [-0.15, -0.1) is 0 Å². The molecule has 2 rings (SSSR count). The summed E-state index contributed by atoms with van der Waals surface area (Å²) in [5, 5.41) is 15.1. The molecule has 1 saturated heterocycles. The van der Waals surface area contributed by atoms with Gasteiger partial charge in [-0.2, -0.15) is 4.31 Å². The van der Waals surface area contributed by atoms with Crippen LogP contribution in [0.2, 0.25) is 0 Å². The molecule has 1 aromatic carbocycles. The van der Waals surface area contributed by atoms with Gasteiger partial charge in [0.15, 0.2) is 0 Å². The van der Waals surface area contributed by atoms with E-state index < -0.39 is 33.0 Å². The van der Waals surface area contributed by atoms with Crippen LogP contribution in [0.25, 0.3) is 0 Å². The summed E-state index contributed by atoms with van der Waals surface area (Å²) in [6.45, 7) is -0.0367. The summed E-state index contributed by atoms with van der Waals surface area (Å²) in [4.78, 5) is 32.5. The first-order valence-corrected chi connectivity index (χ1v) is 8.59. The molecule has 136 valence electrons. The molecule has 1 fully saturated rings. The topological polar surface area (TPSA) is 148 Å². The minimum atomic E-state index is -3.97. The molecule has 0 saturated carbocycles. The molecule has 1 atom stereocenters. The molecule has 0 unspecified atom stereocenters. The van der Waals surface area contributed by atoms with E-state index in [1.165, 1.54) is 7.05 Å². The van der Waals surface area contributed by atoms with Crippen LogP contribution in [-0.2, 0) is 24.3 Å². The van der Waals surface area contributed by atoms with Gasteiger partial charge in [0, 0.05) is 25.7 Å². The van der Waals surface area contributed by atoms with E-state index >= 15 is 0 Å². The molecule has 0 bridgehead atoms. The Labute approximate surface area is 143 Å². The molecule has 1 aliphatic rings. The second-order valence-electron chi connectivity index (χ2n) is 4.98. The number of amides is 2. The highest BCUT2D eigenvalue weighted by molar-refractivity contribution is 7.89. The second-order valence-corrected chi connectivity index (χ2v) is 6.87. The van der Waals surface area contributed by atoms with Gasteiger partial charge in [0.1, 0.15) is 6.23 Å². The van der Waals surface area contributed by atoms with Gasteiger partial charge in [0.25, 0.3) is 5.69 Å². The van der Waals surface area contributed by atoms with Crippen molar-refractivity contribution in [1.82, 2.24) is 14.9 Å². The Morgan fingerprint density at radius 3 is 2.52 bits per heavy atom. The standard InChI is InChI=1S/C13H16N4O7S/c1-14-12(18)13(19)15-8-11-16(6-7-24-11)25(22,23)10-4-2-9(3-5-10)17(20)21/h2-5,11H,6-8H2,1H3,(H,14,18)(H,15,19)/t11-/m0/s1. The molecule has 0 radical (unpaired) electrons. The minimum Gasteiger partial charge on any atom is -0.359 e. The highest BCUT2D eigenvalue weighted by atomic mass is 32.2. The Bertz CT molecular complexity index is 778. The lowest BCUT2D eigenvalue weighted by molar-refractivity contribution is -0.384. The SMILES string of the molecule is CNC(=O)C(=O)NC[C@@H]1OCCN1S(=O)(=O)c1ccc([N+](=O)[O-])cc1. The number of carbonyl (C=O) groups excluding carboxylic acids is 2. The summed E-state index contributed by atoms with van der Waals surface area (Å²) in [6, 6.07) is 4.44. The van der Waals surface area contributed by atoms with Crippen molar-refractivity contribution in [3.8, 4) is 0 Å². The van der Waals surface area contributed by atoms with Crippen LogP contribution in [0.1, 0.15) is 0 Å². The van der Waals surface area contributed by atoms with E-state index in [0.717, 1.165) is 28.6 Å². The minimum absolute atomic E-state index is 0.0554. The number of nitro groups is 1. The van der Waals surface area contributed by atoms with Crippen molar-refractivity contribution in [2.45, 2.75) is 11.1 Å². The maximum absolute atomic E-state index is 12.6. The highest BCUT2D eigenvalue weighted by Crippen LogP contribution is 2.23. The van der Waals surface area contributed by atoms with Gasteiger partial charge in [0.05, 0.1) is 23.0 Å². The average Bonchev–Trinajstić information content (AvgIpc) is 3.08. The molecule has 1 heterocycles. The fourth-order valence-electron chi connectivity index (χ4n) is 2.19. The van der Waals surface area contributed by atoms with E-state index in [1.807, 2.05) is 0 Å². The quantitative estimate of drug-likeness (QED) is 0.375. The van der Waals surface area contributed by atoms with Crippen molar-refractivity contribution < 1.29 is 27.7 Å². The van der Waals surface area contributed by atoms with Crippen LogP contribution in [0.15, 0.2) is 29.2 Å². The number of sulfonamides is 1.